The van der Waals surface area contributed by atoms with Gasteiger partial charge in [0.15, 0.2) is 0 Å². The van der Waals surface area contributed by atoms with Gasteiger partial charge in [0, 0.05) is 30.5 Å². The number of aromatic nitrogens is 3. The van der Waals surface area contributed by atoms with Crippen molar-refractivity contribution in [1.82, 2.24) is 15.0 Å². The summed E-state index contributed by atoms with van der Waals surface area (Å²) in [5.41, 5.74) is 0.364. The van der Waals surface area contributed by atoms with Crippen molar-refractivity contribution in [3.05, 3.63) is 54.1 Å². The fourth-order valence-electron chi connectivity index (χ4n) is 2.97. The number of alkyl halides is 3. The van der Waals surface area contributed by atoms with Crippen LogP contribution < -0.4 is 19.7 Å². The number of hydrogen-bond donors (Lipinski definition) is 1. The third-order valence-corrected chi connectivity index (χ3v) is 4.47. The van der Waals surface area contributed by atoms with Gasteiger partial charge in [-0.25, -0.2) is 0 Å². The number of benzene rings is 2. The van der Waals surface area contributed by atoms with E-state index in [0.29, 0.717) is 12.4 Å². The molecular formula is C22H24F3N5O2. The molecule has 3 aromatic rings. The molecule has 0 amide bonds. The largest absolute Gasteiger partial charge is 0.464 e. The SMILES string of the molecule is CCOc1nc(Nc2cccc(C(F)(F)F)c2)nc(Oc2cccc(N(CC)CC)c2)n1. The average molecular weight is 447 g/mol. The minimum Gasteiger partial charge on any atom is -0.464 e. The van der Waals surface area contributed by atoms with Crippen molar-refractivity contribution in [1.29, 1.82) is 0 Å². The molecule has 1 aromatic heterocycles. The van der Waals surface area contributed by atoms with Gasteiger partial charge in [-0.1, -0.05) is 12.1 Å². The quantitative estimate of drug-likeness (QED) is 0.453. The third kappa shape index (κ3) is 5.99. The van der Waals surface area contributed by atoms with Crippen molar-refractivity contribution < 1.29 is 22.6 Å². The summed E-state index contributed by atoms with van der Waals surface area (Å²) in [6.45, 7) is 7.85. The predicted molar refractivity (Wildman–Crippen MR) is 116 cm³/mol. The smallest absolute Gasteiger partial charge is 0.416 e. The van der Waals surface area contributed by atoms with E-state index in [-0.39, 0.29) is 23.7 Å². The van der Waals surface area contributed by atoms with Gasteiger partial charge in [0.25, 0.3) is 0 Å². The second kappa shape index (κ2) is 10.2. The summed E-state index contributed by atoms with van der Waals surface area (Å²) in [7, 11) is 0. The van der Waals surface area contributed by atoms with E-state index >= 15 is 0 Å². The van der Waals surface area contributed by atoms with Crippen molar-refractivity contribution in [2.24, 2.45) is 0 Å². The molecule has 1 N–H and O–H groups in total. The van der Waals surface area contributed by atoms with E-state index in [0.717, 1.165) is 30.9 Å². The van der Waals surface area contributed by atoms with Crippen molar-refractivity contribution >= 4 is 17.3 Å². The van der Waals surface area contributed by atoms with Crippen LogP contribution in [-0.2, 0) is 6.18 Å². The standard InChI is InChI=1S/C22H24F3N5O2/c1-4-30(5-2)17-11-8-12-18(14-17)32-21-28-19(27-20(29-21)31-6-3)26-16-10-7-9-15(13-16)22(23,24)25/h7-14H,4-6H2,1-3H3,(H,26,27,28,29). The molecule has 170 valence electrons. The van der Waals surface area contributed by atoms with Crippen molar-refractivity contribution in [3.63, 3.8) is 0 Å². The molecule has 0 aliphatic carbocycles. The summed E-state index contributed by atoms with van der Waals surface area (Å²) in [6.07, 6.45) is -4.46. The molecule has 3 rings (SSSR count). The molecule has 10 heteroatoms. The second-order valence-electron chi connectivity index (χ2n) is 6.63. The maximum Gasteiger partial charge on any atom is 0.416 e. The molecular weight excluding hydrogens is 423 g/mol. The highest BCUT2D eigenvalue weighted by Gasteiger charge is 2.30. The monoisotopic (exact) mass is 447 g/mol. The second-order valence-corrected chi connectivity index (χ2v) is 6.63. The Morgan fingerprint density at radius 2 is 1.62 bits per heavy atom. The molecule has 0 aliphatic rings. The summed E-state index contributed by atoms with van der Waals surface area (Å²) in [4.78, 5) is 14.6. The fourth-order valence-corrected chi connectivity index (χ4v) is 2.97. The summed E-state index contributed by atoms with van der Waals surface area (Å²) in [5.74, 6) is 0.505. The molecule has 1 heterocycles. The van der Waals surface area contributed by atoms with Gasteiger partial charge in [-0.2, -0.15) is 23.1 Å². The number of halogens is 3. The van der Waals surface area contributed by atoms with Crippen LogP contribution in [0.2, 0.25) is 0 Å². The number of ether oxygens (including phenoxy) is 2. The Morgan fingerprint density at radius 1 is 0.906 bits per heavy atom. The first-order valence-corrected chi connectivity index (χ1v) is 10.2. The molecule has 0 spiro atoms. The maximum atomic E-state index is 13.0. The van der Waals surface area contributed by atoms with E-state index in [2.05, 4.69) is 39.0 Å². The van der Waals surface area contributed by atoms with Gasteiger partial charge < -0.3 is 19.7 Å². The predicted octanol–water partition coefficient (Wildman–Crippen LogP) is 5.67. The minimum absolute atomic E-state index is 0.00216. The molecule has 32 heavy (non-hydrogen) atoms. The zero-order valence-corrected chi connectivity index (χ0v) is 18.0. The van der Waals surface area contributed by atoms with Crippen LogP contribution in [0.3, 0.4) is 0 Å². The zero-order chi connectivity index (χ0) is 23.1. The lowest BCUT2D eigenvalue weighted by molar-refractivity contribution is -0.137. The number of rotatable bonds is 9. The molecule has 0 fully saturated rings. The van der Waals surface area contributed by atoms with Crippen LogP contribution in [-0.4, -0.2) is 34.6 Å². The Hall–Kier alpha value is -3.56. The lowest BCUT2D eigenvalue weighted by Crippen LogP contribution is -2.21. The average Bonchev–Trinajstić information content (AvgIpc) is 2.75. The number of nitrogens with zero attached hydrogens (tertiary/aromatic N) is 4. The molecule has 0 saturated carbocycles. The first-order valence-electron chi connectivity index (χ1n) is 10.2. The van der Waals surface area contributed by atoms with E-state index in [1.54, 1.807) is 13.0 Å². The van der Waals surface area contributed by atoms with Crippen molar-refractivity contribution in [2.45, 2.75) is 26.9 Å². The van der Waals surface area contributed by atoms with Crippen LogP contribution in [0.5, 0.6) is 17.8 Å². The van der Waals surface area contributed by atoms with Gasteiger partial charge in [0.1, 0.15) is 5.75 Å². The van der Waals surface area contributed by atoms with Crippen molar-refractivity contribution in [2.75, 3.05) is 29.9 Å². The summed E-state index contributed by atoms with van der Waals surface area (Å²) in [5, 5.41) is 2.76. The first kappa shape index (κ1) is 23.1. The van der Waals surface area contributed by atoms with Gasteiger partial charge in [-0.05, 0) is 51.1 Å². The maximum absolute atomic E-state index is 13.0. The normalized spacial score (nSPS) is 11.2. The van der Waals surface area contributed by atoms with E-state index in [9.17, 15) is 13.2 Å². The molecule has 0 radical (unpaired) electrons. The van der Waals surface area contributed by atoms with Crippen LogP contribution in [0.15, 0.2) is 48.5 Å². The minimum atomic E-state index is -4.46. The topological polar surface area (TPSA) is 72.4 Å². The summed E-state index contributed by atoms with van der Waals surface area (Å²) >= 11 is 0. The third-order valence-electron chi connectivity index (χ3n) is 4.47. The number of hydrogen-bond acceptors (Lipinski definition) is 7. The zero-order valence-electron chi connectivity index (χ0n) is 18.0. The molecule has 0 atom stereocenters. The Labute approximate surface area is 184 Å². The Kier molecular flexibility index (Phi) is 7.34. The Bertz CT molecular complexity index is 1040. The van der Waals surface area contributed by atoms with Crippen LogP contribution in [0.1, 0.15) is 26.3 Å². The van der Waals surface area contributed by atoms with E-state index < -0.39 is 11.7 Å². The fraction of sp³-hybridized carbons (Fsp3) is 0.318. The molecule has 0 saturated heterocycles. The molecule has 0 bridgehead atoms. The van der Waals surface area contributed by atoms with Crippen LogP contribution in [0.25, 0.3) is 0 Å². The Balaban J connectivity index is 1.88. The van der Waals surface area contributed by atoms with Crippen LogP contribution in [0.4, 0.5) is 30.5 Å². The highest BCUT2D eigenvalue weighted by molar-refractivity contribution is 5.55. The molecule has 0 unspecified atom stereocenters. The highest BCUT2D eigenvalue weighted by Crippen LogP contribution is 2.31. The van der Waals surface area contributed by atoms with Gasteiger partial charge in [-0.3, -0.25) is 0 Å². The molecule has 7 nitrogen and oxygen atoms in total. The lowest BCUT2D eigenvalue weighted by Gasteiger charge is -2.21. The number of anilines is 3. The van der Waals surface area contributed by atoms with Crippen LogP contribution >= 0.6 is 0 Å². The van der Waals surface area contributed by atoms with Gasteiger partial charge in [0.05, 0.1) is 12.2 Å². The summed E-state index contributed by atoms with van der Waals surface area (Å²) < 4.78 is 50.2. The summed E-state index contributed by atoms with van der Waals surface area (Å²) in [6, 6.07) is 12.1. The molecule has 0 aliphatic heterocycles. The van der Waals surface area contributed by atoms with Crippen LogP contribution in [0, 0.1) is 0 Å². The first-order chi connectivity index (χ1) is 15.3. The van der Waals surface area contributed by atoms with E-state index in [1.165, 1.54) is 12.1 Å². The van der Waals surface area contributed by atoms with Gasteiger partial charge in [-0.15, -0.1) is 4.98 Å². The Morgan fingerprint density at radius 3 is 2.31 bits per heavy atom. The molecule has 2 aromatic carbocycles. The number of nitrogens with one attached hydrogen (secondary N) is 1. The van der Waals surface area contributed by atoms with Gasteiger partial charge in [0.2, 0.25) is 5.95 Å². The van der Waals surface area contributed by atoms with Crippen molar-refractivity contribution in [3.8, 4) is 17.8 Å². The van der Waals surface area contributed by atoms with E-state index in [1.807, 2.05) is 18.2 Å². The van der Waals surface area contributed by atoms with E-state index in [4.69, 9.17) is 9.47 Å². The highest BCUT2D eigenvalue weighted by atomic mass is 19.4. The van der Waals surface area contributed by atoms with Gasteiger partial charge >= 0.3 is 18.2 Å². The lowest BCUT2D eigenvalue weighted by atomic mass is 10.2.